The molecule has 1 atom stereocenters. The molecule has 9 nitrogen and oxygen atoms in total. The average molecular weight is 419 g/mol. The highest BCUT2D eigenvalue weighted by molar-refractivity contribution is 7.86. The summed E-state index contributed by atoms with van der Waals surface area (Å²) in [4.78, 5) is 21.3. The van der Waals surface area contributed by atoms with Crippen molar-refractivity contribution in [3.8, 4) is 11.5 Å². The molecule has 29 heavy (non-hydrogen) atoms. The lowest BCUT2D eigenvalue weighted by Gasteiger charge is -2.27. The van der Waals surface area contributed by atoms with Crippen molar-refractivity contribution in [3.05, 3.63) is 63.7 Å². The van der Waals surface area contributed by atoms with Crippen LogP contribution in [0.2, 0.25) is 0 Å². The number of nitro groups is 1. The molecule has 0 saturated heterocycles. The van der Waals surface area contributed by atoms with Gasteiger partial charge < -0.3 is 9.47 Å². The standard InChI is InChI=1S/C19H17NO8S/c1-13-4-6-15(7-5-13)29(24,25)27-12-14-11-26-18-9-8-17(20(22)23)16(3-2-10-21)19(18)28-14/h2-10,14H,11-12H2,1H3/t14-/m1/s1. The van der Waals surface area contributed by atoms with Crippen LogP contribution in [0.3, 0.4) is 0 Å². The number of fused-ring (bicyclic) bond motifs is 1. The largest absolute Gasteiger partial charge is 0.486 e. The summed E-state index contributed by atoms with van der Waals surface area (Å²) >= 11 is 0. The molecule has 0 aromatic heterocycles. The molecule has 2 aromatic rings. The summed E-state index contributed by atoms with van der Waals surface area (Å²) in [6.07, 6.45) is 1.97. The number of benzene rings is 2. The molecule has 0 aliphatic carbocycles. The fraction of sp³-hybridized carbons (Fsp3) is 0.211. The molecule has 10 heteroatoms. The van der Waals surface area contributed by atoms with Gasteiger partial charge in [0.05, 0.1) is 15.4 Å². The van der Waals surface area contributed by atoms with E-state index in [-0.39, 0.29) is 40.9 Å². The number of hydrogen-bond acceptors (Lipinski definition) is 8. The molecule has 152 valence electrons. The number of hydrogen-bond donors (Lipinski definition) is 0. The molecule has 1 aliphatic rings. The summed E-state index contributed by atoms with van der Waals surface area (Å²) in [6.45, 7) is 1.47. The van der Waals surface area contributed by atoms with Crippen LogP contribution in [-0.4, -0.2) is 38.9 Å². The highest BCUT2D eigenvalue weighted by Crippen LogP contribution is 2.41. The minimum absolute atomic E-state index is 0.00507. The van der Waals surface area contributed by atoms with Crippen molar-refractivity contribution in [3.63, 3.8) is 0 Å². The average Bonchev–Trinajstić information content (AvgIpc) is 2.70. The lowest BCUT2D eigenvalue weighted by Crippen LogP contribution is -2.34. The van der Waals surface area contributed by atoms with Crippen LogP contribution in [0.4, 0.5) is 5.69 Å². The van der Waals surface area contributed by atoms with Crippen LogP contribution in [0.5, 0.6) is 11.5 Å². The Balaban J connectivity index is 1.80. The quantitative estimate of drug-likeness (QED) is 0.221. The molecule has 0 N–H and O–H groups in total. The summed E-state index contributed by atoms with van der Waals surface area (Å²) < 4.78 is 41.0. The van der Waals surface area contributed by atoms with Crippen molar-refractivity contribution in [1.29, 1.82) is 0 Å². The van der Waals surface area contributed by atoms with Gasteiger partial charge in [0.1, 0.15) is 19.5 Å². The van der Waals surface area contributed by atoms with Gasteiger partial charge in [0.2, 0.25) is 0 Å². The van der Waals surface area contributed by atoms with E-state index in [1.807, 2.05) is 6.92 Å². The van der Waals surface area contributed by atoms with Crippen LogP contribution < -0.4 is 9.47 Å². The van der Waals surface area contributed by atoms with Crippen LogP contribution in [0.1, 0.15) is 11.1 Å². The van der Waals surface area contributed by atoms with E-state index in [1.165, 1.54) is 30.3 Å². The van der Waals surface area contributed by atoms with Gasteiger partial charge in [-0.1, -0.05) is 17.7 Å². The van der Waals surface area contributed by atoms with Gasteiger partial charge >= 0.3 is 0 Å². The smallest absolute Gasteiger partial charge is 0.297 e. The number of nitrogens with zero attached hydrogens (tertiary/aromatic N) is 1. The molecular weight excluding hydrogens is 402 g/mol. The molecule has 0 amide bonds. The maximum Gasteiger partial charge on any atom is 0.297 e. The van der Waals surface area contributed by atoms with Crippen molar-refractivity contribution < 1.29 is 31.8 Å². The molecule has 2 aromatic carbocycles. The van der Waals surface area contributed by atoms with E-state index in [0.717, 1.165) is 11.6 Å². The van der Waals surface area contributed by atoms with Crippen LogP contribution in [0.15, 0.2) is 47.4 Å². The SMILES string of the molecule is Cc1ccc(S(=O)(=O)OC[C@H]2COc3ccc([N+](=O)[O-])c(C=CC=O)c3O2)cc1. The van der Waals surface area contributed by atoms with Crippen molar-refractivity contribution in [2.75, 3.05) is 13.2 Å². The Hall–Kier alpha value is -3.24. The van der Waals surface area contributed by atoms with E-state index >= 15 is 0 Å². The molecule has 0 radical (unpaired) electrons. The number of rotatable bonds is 7. The Morgan fingerprint density at radius 3 is 2.62 bits per heavy atom. The second-order valence-electron chi connectivity index (χ2n) is 6.18. The molecule has 1 aliphatic heterocycles. The number of allylic oxidation sites excluding steroid dienone is 1. The van der Waals surface area contributed by atoms with Gasteiger partial charge in [-0.15, -0.1) is 0 Å². The van der Waals surface area contributed by atoms with Gasteiger partial charge in [0.25, 0.3) is 15.8 Å². The third-order valence-electron chi connectivity index (χ3n) is 4.10. The predicted molar refractivity (Wildman–Crippen MR) is 102 cm³/mol. The van der Waals surface area contributed by atoms with Gasteiger partial charge in [-0.05, 0) is 37.3 Å². The zero-order chi connectivity index (χ0) is 21.0. The van der Waals surface area contributed by atoms with Crippen molar-refractivity contribution in [1.82, 2.24) is 0 Å². The fourth-order valence-electron chi connectivity index (χ4n) is 2.66. The number of nitro benzene ring substituents is 1. The van der Waals surface area contributed by atoms with Crippen LogP contribution in [0.25, 0.3) is 6.08 Å². The Morgan fingerprint density at radius 1 is 1.24 bits per heavy atom. The van der Waals surface area contributed by atoms with E-state index in [1.54, 1.807) is 12.1 Å². The Kier molecular flexibility index (Phi) is 5.95. The number of carbonyl (C=O) groups excluding carboxylic acids is 1. The monoisotopic (exact) mass is 419 g/mol. The number of ether oxygens (including phenoxy) is 2. The van der Waals surface area contributed by atoms with Crippen LogP contribution in [0, 0.1) is 17.0 Å². The minimum atomic E-state index is -4.00. The van der Waals surface area contributed by atoms with Crippen LogP contribution in [-0.2, 0) is 19.1 Å². The fourth-order valence-corrected chi connectivity index (χ4v) is 3.60. The first-order valence-corrected chi connectivity index (χ1v) is 9.91. The van der Waals surface area contributed by atoms with Gasteiger partial charge in [0, 0.05) is 6.07 Å². The molecule has 0 saturated carbocycles. The Bertz CT molecular complexity index is 1060. The van der Waals surface area contributed by atoms with E-state index in [0.29, 0.717) is 6.29 Å². The summed E-state index contributed by atoms with van der Waals surface area (Å²) in [6, 6.07) is 8.79. The summed E-state index contributed by atoms with van der Waals surface area (Å²) in [5, 5.41) is 11.3. The highest BCUT2D eigenvalue weighted by atomic mass is 32.2. The van der Waals surface area contributed by atoms with Gasteiger partial charge in [-0.2, -0.15) is 8.42 Å². The zero-order valence-electron chi connectivity index (χ0n) is 15.3. The van der Waals surface area contributed by atoms with Gasteiger partial charge in [-0.25, -0.2) is 0 Å². The summed E-state index contributed by atoms with van der Waals surface area (Å²) in [5.41, 5.74) is 0.673. The Labute approximate surface area is 166 Å². The molecule has 0 spiro atoms. The first-order chi connectivity index (χ1) is 13.8. The van der Waals surface area contributed by atoms with Crippen molar-refractivity contribution in [2.24, 2.45) is 0 Å². The molecule has 0 unspecified atom stereocenters. The van der Waals surface area contributed by atoms with Crippen molar-refractivity contribution >= 4 is 28.2 Å². The van der Waals surface area contributed by atoms with Gasteiger partial charge in [-0.3, -0.25) is 19.1 Å². The molecule has 0 fully saturated rings. The first kappa shape index (κ1) is 20.5. The molecule has 1 heterocycles. The third kappa shape index (κ3) is 4.61. The summed E-state index contributed by atoms with van der Waals surface area (Å²) in [7, 11) is -4.00. The minimum Gasteiger partial charge on any atom is -0.486 e. The second-order valence-corrected chi connectivity index (χ2v) is 7.80. The number of carbonyl (C=O) groups is 1. The number of aryl methyl sites for hydroxylation is 1. The highest BCUT2D eigenvalue weighted by Gasteiger charge is 2.29. The van der Waals surface area contributed by atoms with E-state index in [9.17, 15) is 23.3 Å². The number of aldehydes is 1. The predicted octanol–water partition coefficient (Wildman–Crippen LogP) is 2.66. The topological polar surface area (TPSA) is 122 Å². The molecule has 0 bridgehead atoms. The second kappa shape index (κ2) is 8.41. The maximum absolute atomic E-state index is 12.3. The third-order valence-corrected chi connectivity index (χ3v) is 5.40. The lowest BCUT2D eigenvalue weighted by atomic mass is 10.1. The van der Waals surface area contributed by atoms with Gasteiger partial charge in [0.15, 0.2) is 17.6 Å². The van der Waals surface area contributed by atoms with Crippen molar-refractivity contribution in [2.45, 2.75) is 17.9 Å². The first-order valence-electron chi connectivity index (χ1n) is 8.50. The lowest BCUT2D eigenvalue weighted by molar-refractivity contribution is -0.385. The van der Waals surface area contributed by atoms with E-state index in [2.05, 4.69) is 0 Å². The van der Waals surface area contributed by atoms with Crippen LogP contribution >= 0.6 is 0 Å². The van der Waals surface area contributed by atoms with E-state index in [4.69, 9.17) is 13.7 Å². The van der Waals surface area contributed by atoms with E-state index < -0.39 is 21.1 Å². The zero-order valence-corrected chi connectivity index (χ0v) is 16.1. The normalized spacial score (nSPS) is 16.0. The maximum atomic E-state index is 12.3. The Morgan fingerprint density at radius 2 is 1.97 bits per heavy atom. The molecular formula is C19H17NO8S. The molecule has 3 rings (SSSR count). The summed E-state index contributed by atoms with van der Waals surface area (Å²) in [5.74, 6) is 0.295.